The molecule has 3 rings (SSSR count). The lowest BCUT2D eigenvalue weighted by Crippen LogP contribution is -2.45. The first-order valence-electron chi connectivity index (χ1n) is 8.60. The van der Waals surface area contributed by atoms with E-state index in [4.69, 9.17) is 21.7 Å². The van der Waals surface area contributed by atoms with E-state index in [-0.39, 0.29) is 5.69 Å². The average molecular weight is 419 g/mol. The van der Waals surface area contributed by atoms with Crippen molar-refractivity contribution in [2.45, 2.75) is 13.0 Å². The van der Waals surface area contributed by atoms with Gasteiger partial charge in [0.05, 0.1) is 25.8 Å². The highest BCUT2D eigenvalue weighted by molar-refractivity contribution is 7.80. The lowest BCUT2D eigenvalue weighted by atomic mass is 9.94. The van der Waals surface area contributed by atoms with E-state index in [0.717, 1.165) is 12.1 Å². The summed E-state index contributed by atoms with van der Waals surface area (Å²) >= 11 is 5.24. The van der Waals surface area contributed by atoms with Crippen LogP contribution in [0.5, 0.6) is 11.5 Å². The van der Waals surface area contributed by atoms with Crippen molar-refractivity contribution in [3.8, 4) is 11.5 Å². The van der Waals surface area contributed by atoms with Crippen LogP contribution in [0.15, 0.2) is 47.7 Å². The number of benzene rings is 2. The second-order valence-electron chi connectivity index (χ2n) is 6.27. The average Bonchev–Trinajstić information content (AvgIpc) is 2.69. The molecule has 6 nitrogen and oxygen atoms in total. The zero-order valence-electron chi connectivity index (χ0n) is 15.9. The van der Waals surface area contributed by atoms with E-state index in [9.17, 15) is 13.6 Å². The number of anilines is 1. The van der Waals surface area contributed by atoms with Crippen LogP contribution in [-0.2, 0) is 4.79 Å². The fourth-order valence-electron chi connectivity index (χ4n) is 3.05. The number of hydrogen-bond acceptors (Lipinski definition) is 4. The van der Waals surface area contributed by atoms with Gasteiger partial charge in [-0.15, -0.1) is 0 Å². The standard InChI is InChI=1S/C20H19F2N3O3S/c1-10-17(19(26)24-12-5-6-13(21)14(22)9-12)18(25-20(29)23-10)11-4-7-15(27-2)16(8-11)28-3/h4-9,18H,1-3H3,(H,24,26)(H2,23,25,29). The molecule has 1 aliphatic rings. The Morgan fingerprint density at radius 3 is 2.45 bits per heavy atom. The molecule has 29 heavy (non-hydrogen) atoms. The molecule has 1 heterocycles. The normalized spacial score (nSPS) is 16.0. The van der Waals surface area contributed by atoms with E-state index in [1.54, 1.807) is 25.1 Å². The molecule has 0 saturated heterocycles. The third-order valence-corrected chi connectivity index (χ3v) is 4.65. The van der Waals surface area contributed by atoms with Crippen molar-refractivity contribution in [1.82, 2.24) is 10.6 Å². The minimum atomic E-state index is -1.05. The van der Waals surface area contributed by atoms with Gasteiger partial charge in [0.25, 0.3) is 5.91 Å². The van der Waals surface area contributed by atoms with Crippen molar-refractivity contribution < 1.29 is 23.0 Å². The molecule has 0 bridgehead atoms. The molecule has 1 amide bonds. The number of carbonyl (C=O) groups excluding carboxylic acids is 1. The molecule has 0 spiro atoms. The largest absolute Gasteiger partial charge is 0.493 e. The molecule has 1 atom stereocenters. The Balaban J connectivity index is 1.97. The molecule has 3 N–H and O–H groups in total. The van der Waals surface area contributed by atoms with Crippen LogP contribution in [0.4, 0.5) is 14.5 Å². The molecule has 0 saturated carbocycles. The molecule has 1 unspecified atom stereocenters. The SMILES string of the molecule is COc1ccc(C2NC(=S)NC(C)=C2C(=O)Nc2ccc(F)c(F)c2)cc1OC. The van der Waals surface area contributed by atoms with Gasteiger partial charge in [-0.25, -0.2) is 8.78 Å². The Hall–Kier alpha value is -3.20. The zero-order valence-corrected chi connectivity index (χ0v) is 16.7. The molecule has 1 aliphatic heterocycles. The topological polar surface area (TPSA) is 71.6 Å². The predicted molar refractivity (Wildman–Crippen MR) is 109 cm³/mol. The molecule has 0 aromatic heterocycles. The number of allylic oxidation sites excluding steroid dienone is 1. The van der Waals surface area contributed by atoms with Crippen molar-refractivity contribution >= 4 is 28.9 Å². The van der Waals surface area contributed by atoms with Crippen LogP contribution in [0.25, 0.3) is 0 Å². The summed E-state index contributed by atoms with van der Waals surface area (Å²) < 4.78 is 37.2. The summed E-state index contributed by atoms with van der Waals surface area (Å²) in [6.45, 7) is 1.71. The van der Waals surface area contributed by atoms with Gasteiger partial charge in [0.15, 0.2) is 28.2 Å². The minimum Gasteiger partial charge on any atom is -0.493 e. The van der Waals surface area contributed by atoms with Gasteiger partial charge in [0, 0.05) is 17.5 Å². The molecular formula is C20H19F2N3O3S. The summed E-state index contributed by atoms with van der Waals surface area (Å²) in [6.07, 6.45) is 0. The lowest BCUT2D eigenvalue weighted by molar-refractivity contribution is -0.113. The molecule has 0 fully saturated rings. The van der Waals surface area contributed by atoms with Crippen molar-refractivity contribution in [2.24, 2.45) is 0 Å². The third kappa shape index (κ3) is 4.29. The molecule has 152 valence electrons. The Kier molecular flexibility index (Phi) is 5.97. The van der Waals surface area contributed by atoms with Crippen molar-refractivity contribution in [1.29, 1.82) is 0 Å². The van der Waals surface area contributed by atoms with E-state index in [1.807, 2.05) is 0 Å². The molecule has 0 aliphatic carbocycles. The summed E-state index contributed by atoms with van der Waals surface area (Å²) in [7, 11) is 3.04. The van der Waals surface area contributed by atoms with Crippen molar-refractivity contribution in [2.75, 3.05) is 19.5 Å². The highest BCUT2D eigenvalue weighted by Gasteiger charge is 2.30. The molecule has 9 heteroatoms. The van der Waals surface area contributed by atoms with Gasteiger partial charge in [-0.3, -0.25) is 4.79 Å². The Labute approximate surface area is 171 Å². The van der Waals surface area contributed by atoms with E-state index in [1.165, 1.54) is 20.3 Å². The number of rotatable bonds is 5. The number of carbonyl (C=O) groups is 1. The second-order valence-corrected chi connectivity index (χ2v) is 6.68. The van der Waals surface area contributed by atoms with Gasteiger partial charge < -0.3 is 25.4 Å². The molecule has 2 aromatic carbocycles. The van der Waals surface area contributed by atoms with Gasteiger partial charge in [-0.05, 0) is 49.0 Å². The number of nitrogens with one attached hydrogen (secondary N) is 3. The monoisotopic (exact) mass is 419 g/mol. The van der Waals surface area contributed by atoms with Gasteiger partial charge in [0.2, 0.25) is 0 Å². The summed E-state index contributed by atoms with van der Waals surface area (Å²) in [5.41, 5.74) is 1.72. The first-order chi connectivity index (χ1) is 13.8. The van der Waals surface area contributed by atoms with Gasteiger partial charge in [-0.1, -0.05) is 6.07 Å². The number of ether oxygens (including phenoxy) is 2. The van der Waals surface area contributed by atoms with E-state index < -0.39 is 23.6 Å². The van der Waals surface area contributed by atoms with Crippen LogP contribution in [-0.4, -0.2) is 25.2 Å². The van der Waals surface area contributed by atoms with Crippen LogP contribution in [0, 0.1) is 11.6 Å². The summed E-state index contributed by atoms with van der Waals surface area (Å²) in [6, 6.07) is 7.81. The first kappa shape index (κ1) is 20.5. The maximum Gasteiger partial charge on any atom is 0.255 e. The second kappa shape index (κ2) is 8.44. The zero-order chi connectivity index (χ0) is 21.1. The fraction of sp³-hybridized carbons (Fsp3) is 0.200. The first-order valence-corrected chi connectivity index (χ1v) is 9.01. The van der Waals surface area contributed by atoms with Crippen LogP contribution in [0.2, 0.25) is 0 Å². The fourth-order valence-corrected chi connectivity index (χ4v) is 3.32. The van der Waals surface area contributed by atoms with Crippen LogP contribution >= 0.6 is 12.2 Å². The minimum absolute atomic E-state index is 0.133. The van der Waals surface area contributed by atoms with E-state index in [0.29, 0.717) is 33.4 Å². The summed E-state index contributed by atoms with van der Waals surface area (Å²) in [4.78, 5) is 13.0. The maximum atomic E-state index is 13.5. The number of hydrogen-bond donors (Lipinski definition) is 3. The lowest BCUT2D eigenvalue weighted by Gasteiger charge is -2.30. The quantitative estimate of drug-likeness (QED) is 0.646. The van der Waals surface area contributed by atoms with E-state index in [2.05, 4.69) is 16.0 Å². The van der Waals surface area contributed by atoms with Crippen molar-refractivity contribution in [3.05, 3.63) is 64.9 Å². The maximum absolute atomic E-state index is 13.5. The van der Waals surface area contributed by atoms with Gasteiger partial charge in [0.1, 0.15) is 0 Å². The summed E-state index contributed by atoms with van der Waals surface area (Å²) in [5, 5.41) is 8.92. The number of halogens is 2. The number of thiocarbonyl (C=S) groups is 1. The van der Waals surface area contributed by atoms with Gasteiger partial charge in [-0.2, -0.15) is 0 Å². The number of methoxy groups -OCH3 is 2. The third-order valence-electron chi connectivity index (χ3n) is 4.43. The van der Waals surface area contributed by atoms with E-state index >= 15 is 0 Å². The molecule has 0 radical (unpaired) electrons. The predicted octanol–water partition coefficient (Wildman–Crippen LogP) is 3.41. The van der Waals surface area contributed by atoms with Crippen LogP contribution in [0.3, 0.4) is 0 Å². The smallest absolute Gasteiger partial charge is 0.255 e. The van der Waals surface area contributed by atoms with Crippen LogP contribution < -0.4 is 25.4 Å². The van der Waals surface area contributed by atoms with Gasteiger partial charge >= 0.3 is 0 Å². The van der Waals surface area contributed by atoms with Crippen LogP contribution in [0.1, 0.15) is 18.5 Å². The molecule has 2 aromatic rings. The summed E-state index contributed by atoms with van der Waals surface area (Å²) in [5.74, 6) is -1.50. The number of amides is 1. The Bertz CT molecular complexity index is 1010. The highest BCUT2D eigenvalue weighted by atomic mass is 32.1. The van der Waals surface area contributed by atoms with Crippen molar-refractivity contribution in [3.63, 3.8) is 0 Å². The molecular weight excluding hydrogens is 400 g/mol. The highest BCUT2D eigenvalue weighted by Crippen LogP contribution is 2.34. The Morgan fingerprint density at radius 2 is 1.79 bits per heavy atom. The Morgan fingerprint density at radius 1 is 1.07 bits per heavy atom.